The van der Waals surface area contributed by atoms with Crippen LogP contribution in [0.4, 0.5) is 17.2 Å². The van der Waals surface area contributed by atoms with Crippen LogP contribution in [-0.2, 0) is 0 Å². The Morgan fingerprint density at radius 1 is 1.20 bits per heavy atom. The van der Waals surface area contributed by atoms with E-state index in [1.807, 2.05) is 36.4 Å². The second kappa shape index (κ2) is 6.95. The van der Waals surface area contributed by atoms with Crippen LogP contribution in [0.3, 0.4) is 0 Å². The molecule has 6 nitrogen and oxygen atoms in total. The van der Waals surface area contributed by atoms with Gasteiger partial charge in [0.1, 0.15) is 16.2 Å². The summed E-state index contributed by atoms with van der Waals surface area (Å²) >= 11 is 1.52. The van der Waals surface area contributed by atoms with E-state index in [4.69, 9.17) is 5.73 Å². The van der Waals surface area contributed by atoms with E-state index in [2.05, 4.69) is 20.6 Å². The Kier molecular flexibility index (Phi) is 4.52. The van der Waals surface area contributed by atoms with Crippen molar-refractivity contribution in [2.24, 2.45) is 5.73 Å². The molecule has 0 amide bonds. The fourth-order valence-electron chi connectivity index (χ4n) is 3.21. The number of hydrogen-bond acceptors (Lipinski definition) is 7. The summed E-state index contributed by atoms with van der Waals surface area (Å²) < 4.78 is 0. The number of pyridine rings is 1. The number of rotatable bonds is 4. The maximum absolute atomic E-state index is 10.0. The largest absolute Gasteiger partial charge is 0.391 e. The van der Waals surface area contributed by atoms with Crippen molar-refractivity contribution in [2.45, 2.75) is 37.5 Å². The Morgan fingerprint density at radius 2 is 2.04 bits per heavy atom. The molecule has 2 heterocycles. The van der Waals surface area contributed by atoms with E-state index in [0.29, 0.717) is 6.42 Å². The lowest BCUT2D eigenvalue weighted by molar-refractivity contribution is 0.103. The van der Waals surface area contributed by atoms with Crippen LogP contribution in [0.15, 0.2) is 41.9 Å². The fourth-order valence-corrected chi connectivity index (χ4v) is 3.89. The number of nitrogens with zero attached hydrogens (tertiary/aromatic N) is 2. The highest BCUT2D eigenvalue weighted by molar-refractivity contribution is 7.16. The number of aliphatic hydroxyl groups excluding tert-OH is 1. The summed E-state index contributed by atoms with van der Waals surface area (Å²) in [6, 6.07) is 12.1. The third kappa shape index (κ3) is 3.58. The predicted molar refractivity (Wildman–Crippen MR) is 102 cm³/mol. The summed E-state index contributed by atoms with van der Waals surface area (Å²) in [5.41, 5.74) is 10.5. The highest BCUT2D eigenvalue weighted by Gasteiger charge is 2.26. The molecule has 1 saturated carbocycles. The van der Waals surface area contributed by atoms with Crippen LogP contribution in [0.1, 0.15) is 19.3 Å². The Labute approximate surface area is 150 Å². The zero-order chi connectivity index (χ0) is 17.2. The lowest BCUT2D eigenvalue weighted by Crippen LogP contribution is -2.44. The zero-order valence-corrected chi connectivity index (χ0v) is 14.5. The molecule has 1 aromatic carbocycles. The fraction of sp³-hybridized carbons (Fsp3) is 0.333. The number of nitrogens with one attached hydrogen (secondary N) is 2. The molecule has 0 bridgehead atoms. The molecule has 130 valence electrons. The number of fused-ring (bicyclic) bond motifs is 1. The third-order valence-electron chi connectivity index (χ3n) is 4.58. The van der Waals surface area contributed by atoms with Crippen molar-refractivity contribution < 1.29 is 5.11 Å². The third-order valence-corrected chi connectivity index (χ3v) is 5.30. The first-order valence-corrected chi connectivity index (χ1v) is 9.33. The molecule has 7 heteroatoms. The summed E-state index contributed by atoms with van der Waals surface area (Å²) in [6.07, 6.45) is 1.93. The monoisotopic (exact) mass is 355 g/mol. The van der Waals surface area contributed by atoms with E-state index in [0.717, 1.165) is 40.4 Å². The summed E-state index contributed by atoms with van der Waals surface area (Å²) in [4.78, 5) is 9.99. The molecular weight excluding hydrogens is 334 g/mol. The van der Waals surface area contributed by atoms with Gasteiger partial charge in [-0.05, 0) is 31.4 Å². The first-order valence-electron chi connectivity index (χ1n) is 8.45. The molecule has 1 aliphatic rings. The van der Waals surface area contributed by atoms with Crippen LogP contribution < -0.4 is 16.4 Å². The van der Waals surface area contributed by atoms with Crippen molar-refractivity contribution in [2.75, 3.05) is 10.6 Å². The van der Waals surface area contributed by atoms with Crippen LogP contribution in [0, 0.1) is 0 Å². The maximum atomic E-state index is 10.0. The maximum Gasteiger partial charge on any atom is 0.147 e. The van der Waals surface area contributed by atoms with Gasteiger partial charge < -0.3 is 21.5 Å². The van der Waals surface area contributed by atoms with E-state index >= 15 is 0 Å². The molecule has 25 heavy (non-hydrogen) atoms. The SMILES string of the molecule is N[C@H]1CC[C@@H](Nc2cc(Nc3ccccc3)c3ncsc3n2)C[C@@H]1O. The Bertz CT molecular complexity index is 853. The molecule has 0 aliphatic heterocycles. The standard InChI is InChI=1S/C18H21N5OS/c19-13-7-6-12(8-15(13)24)22-16-9-14(17-18(23-16)25-10-20-17)21-11-4-2-1-3-5-11/h1-5,9-10,12-13,15,24H,6-8,19H2,(H2,21,22,23)/t12-,13+,15+/m1/s1. The van der Waals surface area contributed by atoms with Crippen molar-refractivity contribution in [3.63, 3.8) is 0 Å². The number of thiazole rings is 1. The van der Waals surface area contributed by atoms with E-state index in [1.165, 1.54) is 11.3 Å². The Balaban J connectivity index is 1.59. The first-order chi connectivity index (χ1) is 12.2. The van der Waals surface area contributed by atoms with Gasteiger partial charge in [-0.1, -0.05) is 18.2 Å². The number of aromatic nitrogens is 2. The smallest absolute Gasteiger partial charge is 0.147 e. The summed E-state index contributed by atoms with van der Waals surface area (Å²) in [7, 11) is 0. The van der Waals surface area contributed by atoms with Gasteiger partial charge in [-0.2, -0.15) is 0 Å². The Morgan fingerprint density at radius 3 is 2.84 bits per heavy atom. The van der Waals surface area contributed by atoms with Crippen molar-refractivity contribution in [1.82, 2.24) is 9.97 Å². The molecule has 0 radical (unpaired) electrons. The van der Waals surface area contributed by atoms with Crippen molar-refractivity contribution >= 4 is 38.9 Å². The Hall–Kier alpha value is -2.22. The number of benzene rings is 1. The minimum absolute atomic E-state index is 0.120. The summed E-state index contributed by atoms with van der Waals surface area (Å²) in [5, 5.41) is 16.9. The number of hydrogen-bond donors (Lipinski definition) is 4. The molecule has 5 N–H and O–H groups in total. The van der Waals surface area contributed by atoms with Crippen LogP contribution in [-0.4, -0.2) is 33.3 Å². The number of anilines is 3. The first kappa shape index (κ1) is 16.3. The van der Waals surface area contributed by atoms with Gasteiger partial charge in [-0.25, -0.2) is 9.97 Å². The highest BCUT2D eigenvalue weighted by atomic mass is 32.1. The van der Waals surface area contributed by atoms with E-state index < -0.39 is 6.10 Å². The van der Waals surface area contributed by atoms with E-state index in [9.17, 15) is 5.11 Å². The number of para-hydroxylation sites is 1. The second-order valence-corrected chi connectivity index (χ2v) is 7.27. The normalized spacial score (nSPS) is 23.5. The van der Waals surface area contributed by atoms with Crippen molar-refractivity contribution in [3.05, 3.63) is 41.9 Å². The van der Waals surface area contributed by atoms with Crippen LogP contribution >= 0.6 is 11.3 Å². The zero-order valence-electron chi connectivity index (χ0n) is 13.7. The lowest BCUT2D eigenvalue weighted by atomic mass is 9.89. The van der Waals surface area contributed by atoms with Crippen LogP contribution in [0.25, 0.3) is 10.3 Å². The molecule has 4 rings (SSSR count). The van der Waals surface area contributed by atoms with Crippen LogP contribution in [0.5, 0.6) is 0 Å². The average Bonchev–Trinajstić information content (AvgIpc) is 3.08. The summed E-state index contributed by atoms with van der Waals surface area (Å²) in [5.74, 6) is 0.794. The molecule has 0 saturated heterocycles. The van der Waals surface area contributed by atoms with Gasteiger partial charge in [0, 0.05) is 23.8 Å². The predicted octanol–water partition coefficient (Wildman–Crippen LogP) is 3.09. The van der Waals surface area contributed by atoms with Gasteiger partial charge in [-0.3, -0.25) is 0 Å². The molecule has 3 aromatic rings. The molecular formula is C18H21N5OS. The molecule has 0 spiro atoms. The second-order valence-electron chi connectivity index (χ2n) is 6.44. The molecule has 2 aromatic heterocycles. The van der Waals surface area contributed by atoms with Crippen LogP contribution in [0.2, 0.25) is 0 Å². The van der Waals surface area contributed by atoms with E-state index in [1.54, 1.807) is 5.51 Å². The molecule has 1 fully saturated rings. The number of nitrogens with two attached hydrogens (primary N) is 1. The highest BCUT2D eigenvalue weighted by Crippen LogP contribution is 2.30. The van der Waals surface area contributed by atoms with E-state index in [-0.39, 0.29) is 12.1 Å². The molecule has 1 aliphatic carbocycles. The molecule has 3 atom stereocenters. The average molecular weight is 355 g/mol. The lowest BCUT2D eigenvalue weighted by Gasteiger charge is -2.31. The molecule has 0 unspecified atom stereocenters. The quantitative estimate of drug-likeness (QED) is 0.574. The van der Waals surface area contributed by atoms with Crippen molar-refractivity contribution in [1.29, 1.82) is 0 Å². The minimum Gasteiger partial charge on any atom is -0.391 e. The van der Waals surface area contributed by atoms with Crippen molar-refractivity contribution in [3.8, 4) is 0 Å². The number of aliphatic hydroxyl groups is 1. The van der Waals surface area contributed by atoms with Gasteiger partial charge in [0.2, 0.25) is 0 Å². The van der Waals surface area contributed by atoms with Gasteiger partial charge in [0.15, 0.2) is 0 Å². The van der Waals surface area contributed by atoms with Gasteiger partial charge in [0.05, 0.1) is 17.3 Å². The summed E-state index contributed by atoms with van der Waals surface area (Å²) in [6.45, 7) is 0. The minimum atomic E-state index is -0.458. The van der Waals surface area contributed by atoms with Gasteiger partial charge >= 0.3 is 0 Å². The topological polar surface area (TPSA) is 96.1 Å². The van der Waals surface area contributed by atoms with Gasteiger partial charge in [-0.15, -0.1) is 11.3 Å². The van der Waals surface area contributed by atoms with Gasteiger partial charge in [0.25, 0.3) is 0 Å².